The van der Waals surface area contributed by atoms with E-state index in [1.54, 1.807) is 18.2 Å². The van der Waals surface area contributed by atoms with Gasteiger partial charge in [-0.2, -0.15) is 0 Å². The van der Waals surface area contributed by atoms with Gasteiger partial charge in [-0.1, -0.05) is 6.07 Å². The SMILES string of the molecule is COc1cc(CN)ccc1NC(=O)c1ccc(O)cc1F. The van der Waals surface area contributed by atoms with Gasteiger partial charge in [0.15, 0.2) is 0 Å². The van der Waals surface area contributed by atoms with Crippen molar-refractivity contribution in [1.82, 2.24) is 0 Å². The van der Waals surface area contributed by atoms with Gasteiger partial charge < -0.3 is 20.9 Å². The number of carbonyl (C=O) groups is 1. The summed E-state index contributed by atoms with van der Waals surface area (Å²) >= 11 is 0. The molecule has 6 heteroatoms. The first-order valence-corrected chi connectivity index (χ1v) is 6.22. The monoisotopic (exact) mass is 290 g/mol. The smallest absolute Gasteiger partial charge is 0.258 e. The number of anilines is 1. The average Bonchev–Trinajstić information content (AvgIpc) is 2.47. The van der Waals surface area contributed by atoms with Crippen LogP contribution >= 0.6 is 0 Å². The molecule has 0 aliphatic carbocycles. The molecule has 0 saturated heterocycles. The number of phenols is 1. The van der Waals surface area contributed by atoms with Crippen molar-refractivity contribution in [2.24, 2.45) is 5.73 Å². The van der Waals surface area contributed by atoms with Gasteiger partial charge in [0.05, 0.1) is 18.4 Å². The third kappa shape index (κ3) is 3.29. The molecule has 0 saturated carbocycles. The molecule has 0 aliphatic rings. The zero-order chi connectivity index (χ0) is 15.4. The van der Waals surface area contributed by atoms with Crippen LogP contribution in [0.25, 0.3) is 0 Å². The highest BCUT2D eigenvalue weighted by atomic mass is 19.1. The number of hydrogen-bond acceptors (Lipinski definition) is 4. The summed E-state index contributed by atoms with van der Waals surface area (Å²) in [6, 6.07) is 8.41. The van der Waals surface area contributed by atoms with Crippen molar-refractivity contribution in [2.75, 3.05) is 12.4 Å². The maximum absolute atomic E-state index is 13.6. The fraction of sp³-hybridized carbons (Fsp3) is 0.133. The summed E-state index contributed by atoms with van der Waals surface area (Å²) in [6.45, 7) is 0.344. The van der Waals surface area contributed by atoms with E-state index in [4.69, 9.17) is 15.6 Å². The van der Waals surface area contributed by atoms with Crippen LogP contribution in [0.2, 0.25) is 0 Å². The predicted octanol–water partition coefficient (Wildman–Crippen LogP) is 2.25. The van der Waals surface area contributed by atoms with Gasteiger partial charge in [0, 0.05) is 12.6 Å². The van der Waals surface area contributed by atoms with Crippen molar-refractivity contribution in [3.8, 4) is 11.5 Å². The molecule has 1 amide bonds. The van der Waals surface area contributed by atoms with E-state index >= 15 is 0 Å². The predicted molar refractivity (Wildman–Crippen MR) is 76.9 cm³/mol. The summed E-state index contributed by atoms with van der Waals surface area (Å²) < 4.78 is 18.8. The van der Waals surface area contributed by atoms with Crippen LogP contribution in [-0.4, -0.2) is 18.1 Å². The minimum Gasteiger partial charge on any atom is -0.508 e. The summed E-state index contributed by atoms with van der Waals surface area (Å²) in [5.74, 6) is -1.24. The van der Waals surface area contributed by atoms with Gasteiger partial charge in [0.2, 0.25) is 0 Å². The fourth-order valence-electron chi connectivity index (χ4n) is 1.84. The number of amides is 1. The van der Waals surface area contributed by atoms with E-state index in [1.165, 1.54) is 19.2 Å². The van der Waals surface area contributed by atoms with Gasteiger partial charge in [0.1, 0.15) is 17.3 Å². The number of hydrogen-bond donors (Lipinski definition) is 3. The van der Waals surface area contributed by atoms with Crippen molar-refractivity contribution in [1.29, 1.82) is 0 Å². The Morgan fingerprint density at radius 2 is 2.10 bits per heavy atom. The van der Waals surface area contributed by atoms with E-state index in [1.807, 2.05) is 0 Å². The van der Waals surface area contributed by atoms with E-state index in [0.29, 0.717) is 18.0 Å². The second-order valence-electron chi connectivity index (χ2n) is 4.36. The number of phenolic OH excluding ortho intramolecular Hbond substituents is 1. The van der Waals surface area contributed by atoms with Crippen molar-refractivity contribution in [3.63, 3.8) is 0 Å². The number of rotatable bonds is 4. The Labute approximate surface area is 121 Å². The molecule has 5 nitrogen and oxygen atoms in total. The minimum absolute atomic E-state index is 0.169. The Bertz CT molecular complexity index is 674. The van der Waals surface area contributed by atoms with Crippen LogP contribution in [0.5, 0.6) is 11.5 Å². The van der Waals surface area contributed by atoms with E-state index < -0.39 is 11.7 Å². The quantitative estimate of drug-likeness (QED) is 0.806. The molecule has 0 fully saturated rings. The second kappa shape index (κ2) is 6.23. The van der Waals surface area contributed by atoms with Crippen LogP contribution in [0, 0.1) is 5.82 Å². The molecular weight excluding hydrogens is 275 g/mol. The van der Waals surface area contributed by atoms with Crippen molar-refractivity contribution in [2.45, 2.75) is 6.54 Å². The number of aromatic hydroxyl groups is 1. The first kappa shape index (κ1) is 14.8. The average molecular weight is 290 g/mol. The lowest BCUT2D eigenvalue weighted by atomic mass is 10.1. The largest absolute Gasteiger partial charge is 0.508 e. The summed E-state index contributed by atoms with van der Waals surface area (Å²) in [5, 5.41) is 11.7. The highest BCUT2D eigenvalue weighted by molar-refractivity contribution is 6.05. The molecule has 0 spiro atoms. The highest BCUT2D eigenvalue weighted by Crippen LogP contribution is 2.26. The van der Waals surface area contributed by atoms with Gasteiger partial charge in [-0.25, -0.2) is 4.39 Å². The van der Waals surface area contributed by atoms with E-state index in [-0.39, 0.29) is 11.3 Å². The molecule has 0 heterocycles. The van der Waals surface area contributed by atoms with Crippen LogP contribution in [0.4, 0.5) is 10.1 Å². The number of benzene rings is 2. The molecule has 0 atom stereocenters. The van der Waals surface area contributed by atoms with E-state index in [9.17, 15) is 9.18 Å². The molecule has 0 aliphatic heterocycles. The van der Waals surface area contributed by atoms with E-state index in [0.717, 1.165) is 11.6 Å². The molecule has 4 N–H and O–H groups in total. The lowest BCUT2D eigenvalue weighted by molar-refractivity contribution is 0.102. The van der Waals surface area contributed by atoms with Crippen LogP contribution in [0.15, 0.2) is 36.4 Å². The normalized spacial score (nSPS) is 10.2. The lowest BCUT2D eigenvalue weighted by Crippen LogP contribution is -2.14. The lowest BCUT2D eigenvalue weighted by Gasteiger charge is -2.12. The number of methoxy groups -OCH3 is 1. The number of nitrogens with one attached hydrogen (secondary N) is 1. The van der Waals surface area contributed by atoms with Crippen molar-refractivity contribution < 1.29 is 19.0 Å². The highest BCUT2D eigenvalue weighted by Gasteiger charge is 2.14. The summed E-state index contributed by atoms with van der Waals surface area (Å²) in [4.78, 5) is 12.1. The van der Waals surface area contributed by atoms with E-state index in [2.05, 4.69) is 5.32 Å². The fourth-order valence-corrected chi connectivity index (χ4v) is 1.84. The molecule has 2 aromatic rings. The first-order valence-electron chi connectivity index (χ1n) is 6.22. The zero-order valence-electron chi connectivity index (χ0n) is 11.4. The van der Waals surface area contributed by atoms with Gasteiger partial charge in [-0.3, -0.25) is 4.79 Å². The molecule has 21 heavy (non-hydrogen) atoms. The van der Waals surface area contributed by atoms with Crippen LogP contribution in [0.1, 0.15) is 15.9 Å². The number of carbonyl (C=O) groups excluding carboxylic acids is 1. The number of nitrogens with two attached hydrogens (primary N) is 1. The Kier molecular flexibility index (Phi) is 4.39. The summed E-state index contributed by atoms with van der Waals surface area (Å²) in [6.07, 6.45) is 0. The van der Waals surface area contributed by atoms with Crippen LogP contribution < -0.4 is 15.8 Å². The molecule has 0 aromatic heterocycles. The molecule has 0 bridgehead atoms. The van der Waals surface area contributed by atoms with Crippen LogP contribution in [0.3, 0.4) is 0 Å². The van der Waals surface area contributed by atoms with Gasteiger partial charge in [0.25, 0.3) is 5.91 Å². The third-order valence-corrected chi connectivity index (χ3v) is 2.95. The molecule has 110 valence electrons. The molecular formula is C15H15FN2O3. The molecule has 2 rings (SSSR count). The minimum atomic E-state index is -0.801. The number of ether oxygens (including phenoxy) is 1. The van der Waals surface area contributed by atoms with Crippen molar-refractivity contribution in [3.05, 3.63) is 53.3 Å². The first-order chi connectivity index (χ1) is 10.0. The zero-order valence-corrected chi connectivity index (χ0v) is 11.4. The maximum Gasteiger partial charge on any atom is 0.258 e. The third-order valence-electron chi connectivity index (χ3n) is 2.95. The topological polar surface area (TPSA) is 84.6 Å². The number of halogens is 1. The van der Waals surface area contributed by atoms with Crippen molar-refractivity contribution >= 4 is 11.6 Å². The Balaban J connectivity index is 2.27. The second-order valence-corrected chi connectivity index (χ2v) is 4.36. The Morgan fingerprint density at radius 1 is 1.33 bits per heavy atom. The molecule has 0 radical (unpaired) electrons. The van der Waals surface area contributed by atoms with Crippen LogP contribution in [-0.2, 0) is 6.54 Å². The van der Waals surface area contributed by atoms with Gasteiger partial charge in [-0.05, 0) is 29.8 Å². The van der Waals surface area contributed by atoms with Gasteiger partial charge >= 0.3 is 0 Å². The standard InChI is InChI=1S/C15H15FN2O3/c1-21-14-6-9(8-17)2-5-13(14)18-15(20)11-4-3-10(19)7-12(11)16/h2-7,19H,8,17H2,1H3,(H,18,20). The molecule has 0 unspecified atom stereocenters. The van der Waals surface area contributed by atoms with Gasteiger partial charge in [-0.15, -0.1) is 0 Å². The summed E-state index contributed by atoms with van der Waals surface area (Å²) in [7, 11) is 1.46. The maximum atomic E-state index is 13.6. The molecule has 2 aromatic carbocycles. The Morgan fingerprint density at radius 3 is 2.71 bits per heavy atom. The summed E-state index contributed by atoms with van der Waals surface area (Å²) in [5.41, 5.74) is 6.62. The Hall–Kier alpha value is -2.60.